The van der Waals surface area contributed by atoms with Crippen LogP contribution in [0.15, 0.2) is 36.7 Å². The summed E-state index contributed by atoms with van der Waals surface area (Å²) < 4.78 is 19.3. The Labute approximate surface area is 158 Å². The summed E-state index contributed by atoms with van der Waals surface area (Å²) in [6.45, 7) is 7.00. The molecule has 3 rings (SSSR count). The van der Waals surface area contributed by atoms with Gasteiger partial charge in [0, 0.05) is 24.7 Å². The summed E-state index contributed by atoms with van der Waals surface area (Å²) in [7, 11) is 0. The number of piperidine rings is 1. The molecule has 0 spiro atoms. The lowest BCUT2D eigenvalue weighted by Gasteiger charge is -2.33. The number of hydrogen-bond acceptors (Lipinski definition) is 5. The second-order valence-electron chi connectivity index (χ2n) is 7.65. The minimum absolute atomic E-state index is 0.0683. The van der Waals surface area contributed by atoms with Crippen molar-refractivity contribution >= 4 is 11.9 Å². The summed E-state index contributed by atoms with van der Waals surface area (Å²) in [4.78, 5) is 22.8. The van der Waals surface area contributed by atoms with Crippen LogP contribution in [-0.4, -0.2) is 40.8 Å². The zero-order valence-electron chi connectivity index (χ0n) is 15.9. The van der Waals surface area contributed by atoms with Gasteiger partial charge in [0.1, 0.15) is 17.2 Å². The highest BCUT2D eigenvalue weighted by Crippen LogP contribution is 2.24. The number of aromatic nitrogens is 2. The van der Waals surface area contributed by atoms with Gasteiger partial charge < -0.3 is 15.0 Å². The third-order valence-electron chi connectivity index (χ3n) is 4.31. The van der Waals surface area contributed by atoms with Gasteiger partial charge in [-0.2, -0.15) is 0 Å². The predicted octanol–water partition coefficient (Wildman–Crippen LogP) is 3.78. The van der Waals surface area contributed by atoms with Crippen molar-refractivity contribution in [3.8, 4) is 11.3 Å². The minimum Gasteiger partial charge on any atom is -0.444 e. The lowest BCUT2D eigenvalue weighted by molar-refractivity contribution is 0.0497. The molecule has 1 saturated heterocycles. The van der Waals surface area contributed by atoms with Gasteiger partial charge in [-0.05, 0) is 45.7 Å². The maximum atomic E-state index is 14.0. The van der Waals surface area contributed by atoms with Crippen LogP contribution in [-0.2, 0) is 4.74 Å². The first kappa shape index (κ1) is 19.1. The fourth-order valence-corrected chi connectivity index (χ4v) is 3.03. The average molecular weight is 372 g/mol. The fraction of sp³-hybridized carbons (Fsp3) is 0.450. The molecule has 0 aliphatic carbocycles. The largest absolute Gasteiger partial charge is 0.444 e. The first-order chi connectivity index (χ1) is 12.8. The van der Waals surface area contributed by atoms with Gasteiger partial charge >= 0.3 is 6.09 Å². The van der Waals surface area contributed by atoms with E-state index >= 15 is 0 Å². The van der Waals surface area contributed by atoms with Gasteiger partial charge in [-0.1, -0.05) is 12.1 Å². The molecule has 2 aromatic rings. The summed E-state index contributed by atoms with van der Waals surface area (Å²) in [5, 5.41) is 2.92. The number of carbonyl (C=O) groups is 1. The van der Waals surface area contributed by atoms with Gasteiger partial charge in [0.2, 0.25) is 0 Å². The van der Waals surface area contributed by atoms with Gasteiger partial charge in [0.25, 0.3) is 0 Å². The van der Waals surface area contributed by atoms with Crippen molar-refractivity contribution in [2.45, 2.75) is 45.3 Å². The maximum absolute atomic E-state index is 14.0. The van der Waals surface area contributed by atoms with E-state index in [2.05, 4.69) is 20.2 Å². The van der Waals surface area contributed by atoms with E-state index in [1.165, 1.54) is 6.07 Å². The topological polar surface area (TPSA) is 67.3 Å². The van der Waals surface area contributed by atoms with Crippen molar-refractivity contribution in [2.24, 2.45) is 0 Å². The van der Waals surface area contributed by atoms with E-state index < -0.39 is 5.60 Å². The normalized spacial score (nSPS) is 15.5. The first-order valence-corrected chi connectivity index (χ1v) is 9.13. The van der Waals surface area contributed by atoms with Crippen LogP contribution in [0.5, 0.6) is 0 Å². The second-order valence-corrected chi connectivity index (χ2v) is 7.65. The van der Waals surface area contributed by atoms with Crippen molar-refractivity contribution in [2.75, 3.05) is 18.0 Å². The van der Waals surface area contributed by atoms with Gasteiger partial charge in [0.15, 0.2) is 0 Å². The van der Waals surface area contributed by atoms with E-state index in [1.54, 1.807) is 30.6 Å². The highest BCUT2D eigenvalue weighted by atomic mass is 19.1. The molecule has 6 nitrogen and oxygen atoms in total. The van der Waals surface area contributed by atoms with Gasteiger partial charge in [0.05, 0.1) is 18.1 Å². The Kier molecular flexibility index (Phi) is 5.58. The molecule has 1 aromatic heterocycles. The summed E-state index contributed by atoms with van der Waals surface area (Å²) in [6, 6.07) is 6.61. The van der Waals surface area contributed by atoms with Crippen molar-refractivity contribution in [1.82, 2.24) is 15.3 Å². The molecule has 1 fully saturated rings. The van der Waals surface area contributed by atoms with Gasteiger partial charge in [-0.3, -0.25) is 4.98 Å². The zero-order valence-corrected chi connectivity index (χ0v) is 15.9. The van der Waals surface area contributed by atoms with Crippen LogP contribution >= 0.6 is 0 Å². The lowest BCUT2D eigenvalue weighted by Crippen LogP contribution is -2.46. The van der Waals surface area contributed by atoms with E-state index in [1.807, 2.05) is 20.8 Å². The molecule has 7 heteroatoms. The van der Waals surface area contributed by atoms with Crippen LogP contribution in [0.25, 0.3) is 11.3 Å². The zero-order chi connectivity index (χ0) is 19.4. The Balaban J connectivity index is 1.61. The Morgan fingerprint density at radius 2 is 1.93 bits per heavy atom. The summed E-state index contributed by atoms with van der Waals surface area (Å²) >= 11 is 0. The summed E-state index contributed by atoms with van der Waals surface area (Å²) in [5.41, 5.74) is 0.445. The Morgan fingerprint density at radius 1 is 1.22 bits per heavy atom. The molecule has 2 heterocycles. The summed E-state index contributed by atoms with van der Waals surface area (Å²) in [5.74, 6) is 0.399. The number of ether oxygens (including phenoxy) is 1. The number of benzene rings is 1. The first-order valence-electron chi connectivity index (χ1n) is 9.13. The van der Waals surface area contributed by atoms with Crippen LogP contribution in [0.1, 0.15) is 33.6 Å². The summed E-state index contributed by atoms with van der Waals surface area (Å²) in [6.07, 6.45) is 4.43. The highest BCUT2D eigenvalue weighted by Gasteiger charge is 2.24. The van der Waals surface area contributed by atoms with Gasteiger partial charge in [-0.15, -0.1) is 0 Å². The van der Waals surface area contributed by atoms with E-state index in [9.17, 15) is 9.18 Å². The number of carbonyl (C=O) groups excluding carboxylic acids is 1. The predicted molar refractivity (Wildman–Crippen MR) is 102 cm³/mol. The fourth-order valence-electron chi connectivity index (χ4n) is 3.03. The molecule has 0 bridgehead atoms. The number of anilines is 1. The smallest absolute Gasteiger partial charge is 0.407 e. The molecule has 0 saturated carbocycles. The quantitative estimate of drug-likeness (QED) is 0.888. The highest BCUT2D eigenvalue weighted by molar-refractivity contribution is 5.68. The molecule has 0 radical (unpaired) electrons. The molecule has 27 heavy (non-hydrogen) atoms. The molecule has 0 atom stereocenters. The van der Waals surface area contributed by atoms with E-state index in [0.717, 1.165) is 25.9 Å². The number of alkyl carbamates (subject to hydrolysis) is 1. The number of amides is 1. The van der Waals surface area contributed by atoms with Crippen molar-refractivity contribution < 1.29 is 13.9 Å². The molecular formula is C20H25FN4O2. The van der Waals surface area contributed by atoms with E-state index in [-0.39, 0.29) is 18.0 Å². The van der Waals surface area contributed by atoms with E-state index in [4.69, 9.17) is 4.74 Å². The van der Waals surface area contributed by atoms with Crippen LogP contribution < -0.4 is 10.2 Å². The number of halogens is 1. The number of hydrogen-bond donors (Lipinski definition) is 1. The van der Waals surface area contributed by atoms with Crippen molar-refractivity contribution in [3.63, 3.8) is 0 Å². The SMILES string of the molecule is CC(C)(C)OC(=O)NC1CCN(c2cncc(-c3ccccc3F)n2)CC1. The lowest BCUT2D eigenvalue weighted by atomic mass is 10.1. The Bertz CT molecular complexity index is 799. The van der Waals surface area contributed by atoms with Crippen molar-refractivity contribution in [3.05, 3.63) is 42.5 Å². The number of nitrogens with zero attached hydrogens (tertiary/aromatic N) is 3. The molecular weight excluding hydrogens is 347 g/mol. The third kappa shape index (κ3) is 5.15. The molecule has 144 valence electrons. The van der Waals surface area contributed by atoms with Crippen LogP contribution in [0, 0.1) is 5.82 Å². The second kappa shape index (κ2) is 7.90. The number of rotatable bonds is 3. The molecule has 1 aliphatic rings. The monoisotopic (exact) mass is 372 g/mol. The Hall–Kier alpha value is -2.70. The Morgan fingerprint density at radius 3 is 2.59 bits per heavy atom. The minimum atomic E-state index is -0.506. The van der Waals surface area contributed by atoms with Crippen LogP contribution in [0.4, 0.5) is 15.0 Å². The molecule has 1 aliphatic heterocycles. The number of nitrogens with one attached hydrogen (secondary N) is 1. The third-order valence-corrected chi connectivity index (χ3v) is 4.31. The molecule has 1 aromatic carbocycles. The van der Waals surface area contributed by atoms with Crippen LogP contribution in [0.3, 0.4) is 0 Å². The standard InChI is InChI=1S/C20H25FN4O2/c1-20(2,3)27-19(26)23-14-8-10-25(11-9-14)18-13-22-12-17(24-18)15-6-4-5-7-16(15)21/h4-7,12-14H,8-11H2,1-3H3,(H,23,26). The van der Waals surface area contributed by atoms with Crippen molar-refractivity contribution in [1.29, 1.82) is 0 Å². The molecule has 0 unspecified atom stereocenters. The average Bonchev–Trinajstić information content (AvgIpc) is 2.61. The molecule has 1 amide bonds. The van der Waals surface area contributed by atoms with Crippen LogP contribution in [0.2, 0.25) is 0 Å². The maximum Gasteiger partial charge on any atom is 0.407 e. The van der Waals surface area contributed by atoms with Gasteiger partial charge in [-0.25, -0.2) is 14.2 Å². The molecule has 1 N–H and O–H groups in total. The van der Waals surface area contributed by atoms with E-state index in [0.29, 0.717) is 17.1 Å².